The maximum Gasteiger partial charge on any atom is 0.0839 e. The summed E-state index contributed by atoms with van der Waals surface area (Å²) in [6, 6.07) is 8.98. The molecule has 0 saturated heterocycles. The van der Waals surface area contributed by atoms with E-state index in [2.05, 4.69) is 55.3 Å². The molecule has 2 unspecified atom stereocenters. The van der Waals surface area contributed by atoms with Crippen LogP contribution in [0.3, 0.4) is 0 Å². The Kier molecular flexibility index (Phi) is 4.83. The minimum atomic E-state index is -0.319. The van der Waals surface area contributed by atoms with Gasteiger partial charge >= 0.3 is 0 Å². The number of aliphatic hydroxyl groups is 1. The number of hydrogen-bond donors (Lipinski definition) is 2. The SMILES string of the molecule is CC1Cc2ccccc2N(CC(O)CNC(C)C)C1. The fourth-order valence-electron chi connectivity index (χ4n) is 2.77. The lowest BCUT2D eigenvalue weighted by Gasteiger charge is -2.36. The van der Waals surface area contributed by atoms with Gasteiger partial charge < -0.3 is 15.3 Å². The van der Waals surface area contributed by atoms with Gasteiger partial charge in [-0.3, -0.25) is 0 Å². The van der Waals surface area contributed by atoms with Crippen LogP contribution in [0.15, 0.2) is 24.3 Å². The minimum absolute atomic E-state index is 0.319. The summed E-state index contributed by atoms with van der Waals surface area (Å²) >= 11 is 0. The molecule has 0 aliphatic carbocycles. The molecule has 2 rings (SSSR count). The van der Waals surface area contributed by atoms with Gasteiger partial charge in [-0.25, -0.2) is 0 Å². The number of nitrogens with zero attached hydrogens (tertiary/aromatic N) is 1. The maximum atomic E-state index is 10.2. The lowest BCUT2D eigenvalue weighted by molar-refractivity contribution is 0.172. The standard InChI is InChI=1S/C16H26N2O/c1-12(2)17-9-15(19)11-18-10-13(3)8-14-6-4-5-7-16(14)18/h4-7,12-13,15,17,19H,8-11H2,1-3H3. The molecule has 1 aliphatic rings. The fraction of sp³-hybridized carbons (Fsp3) is 0.625. The van der Waals surface area contributed by atoms with Gasteiger partial charge in [0, 0.05) is 31.4 Å². The molecule has 0 bridgehead atoms. The molecule has 0 radical (unpaired) electrons. The molecule has 3 nitrogen and oxygen atoms in total. The Morgan fingerprint density at radius 3 is 2.84 bits per heavy atom. The molecule has 0 amide bonds. The van der Waals surface area contributed by atoms with Crippen molar-refractivity contribution < 1.29 is 5.11 Å². The number of para-hydroxylation sites is 1. The monoisotopic (exact) mass is 262 g/mol. The van der Waals surface area contributed by atoms with Crippen molar-refractivity contribution in [2.24, 2.45) is 5.92 Å². The average Bonchev–Trinajstić information content (AvgIpc) is 2.36. The van der Waals surface area contributed by atoms with Gasteiger partial charge in [-0.05, 0) is 24.0 Å². The lowest BCUT2D eigenvalue weighted by atomic mass is 9.93. The molecule has 3 heteroatoms. The smallest absolute Gasteiger partial charge is 0.0839 e. The highest BCUT2D eigenvalue weighted by Gasteiger charge is 2.22. The van der Waals surface area contributed by atoms with Crippen LogP contribution in [0.25, 0.3) is 0 Å². The van der Waals surface area contributed by atoms with Crippen LogP contribution in [0, 0.1) is 5.92 Å². The highest BCUT2D eigenvalue weighted by atomic mass is 16.3. The van der Waals surface area contributed by atoms with Gasteiger partial charge in [0.1, 0.15) is 0 Å². The zero-order chi connectivity index (χ0) is 13.8. The topological polar surface area (TPSA) is 35.5 Å². The normalized spacial score (nSPS) is 20.5. The third-order valence-corrected chi connectivity index (χ3v) is 3.63. The number of fused-ring (bicyclic) bond motifs is 1. The Hall–Kier alpha value is -1.06. The van der Waals surface area contributed by atoms with Crippen LogP contribution in [-0.4, -0.2) is 36.9 Å². The van der Waals surface area contributed by atoms with Crippen molar-refractivity contribution in [3.8, 4) is 0 Å². The van der Waals surface area contributed by atoms with Gasteiger partial charge in [0.25, 0.3) is 0 Å². The second kappa shape index (κ2) is 6.40. The molecule has 2 atom stereocenters. The molecule has 19 heavy (non-hydrogen) atoms. The Balaban J connectivity index is 2.00. The zero-order valence-corrected chi connectivity index (χ0v) is 12.3. The molecule has 1 aromatic carbocycles. The predicted molar refractivity (Wildman–Crippen MR) is 80.7 cm³/mol. The molecule has 2 N–H and O–H groups in total. The molecule has 1 heterocycles. The van der Waals surface area contributed by atoms with E-state index in [4.69, 9.17) is 0 Å². The lowest BCUT2D eigenvalue weighted by Crippen LogP contribution is -2.43. The van der Waals surface area contributed by atoms with E-state index >= 15 is 0 Å². The summed E-state index contributed by atoms with van der Waals surface area (Å²) in [7, 11) is 0. The van der Waals surface area contributed by atoms with Crippen LogP contribution in [-0.2, 0) is 6.42 Å². The van der Waals surface area contributed by atoms with Crippen molar-refractivity contribution in [3.05, 3.63) is 29.8 Å². The maximum absolute atomic E-state index is 10.2. The number of anilines is 1. The van der Waals surface area contributed by atoms with Crippen LogP contribution < -0.4 is 10.2 Å². The van der Waals surface area contributed by atoms with Crippen LogP contribution >= 0.6 is 0 Å². The quantitative estimate of drug-likeness (QED) is 0.852. The summed E-state index contributed by atoms with van der Waals surface area (Å²) in [5.41, 5.74) is 2.70. The van der Waals surface area contributed by atoms with Gasteiger partial charge in [-0.2, -0.15) is 0 Å². The summed E-state index contributed by atoms with van der Waals surface area (Å²) in [4.78, 5) is 2.33. The summed E-state index contributed by atoms with van der Waals surface area (Å²) in [5, 5.41) is 13.5. The van der Waals surface area contributed by atoms with E-state index in [1.165, 1.54) is 11.3 Å². The number of benzene rings is 1. The summed E-state index contributed by atoms with van der Waals surface area (Å²) < 4.78 is 0. The molecule has 0 aromatic heterocycles. The summed E-state index contributed by atoms with van der Waals surface area (Å²) in [6.45, 7) is 8.89. The first kappa shape index (κ1) is 14.4. The number of hydrogen-bond acceptors (Lipinski definition) is 3. The highest BCUT2D eigenvalue weighted by molar-refractivity contribution is 5.55. The van der Waals surface area contributed by atoms with Crippen molar-refractivity contribution in [2.45, 2.75) is 39.3 Å². The van der Waals surface area contributed by atoms with Gasteiger partial charge in [-0.15, -0.1) is 0 Å². The van der Waals surface area contributed by atoms with E-state index in [1.54, 1.807) is 0 Å². The van der Waals surface area contributed by atoms with Crippen molar-refractivity contribution in [3.63, 3.8) is 0 Å². The highest BCUT2D eigenvalue weighted by Crippen LogP contribution is 2.29. The fourth-order valence-corrected chi connectivity index (χ4v) is 2.77. The van der Waals surface area contributed by atoms with Gasteiger partial charge in [-0.1, -0.05) is 39.0 Å². The van der Waals surface area contributed by atoms with Gasteiger partial charge in [0.05, 0.1) is 6.10 Å². The van der Waals surface area contributed by atoms with E-state index in [0.717, 1.165) is 13.0 Å². The van der Waals surface area contributed by atoms with E-state index in [0.29, 0.717) is 25.0 Å². The average molecular weight is 262 g/mol. The molecule has 0 saturated carbocycles. The Bertz CT molecular complexity index is 405. The van der Waals surface area contributed by atoms with Crippen LogP contribution in [0.1, 0.15) is 26.3 Å². The van der Waals surface area contributed by atoms with Gasteiger partial charge in [0.15, 0.2) is 0 Å². The predicted octanol–water partition coefficient (Wildman–Crippen LogP) is 2.04. The van der Waals surface area contributed by atoms with E-state index in [1.807, 2.05) is 0 Å². The van der Waals surface area contributed by atoms with Gasteiger partial charge in [0.2, 0.25) is 0 Å². The number of rotatable bonds is 5. The largest absolute Gasteiger partial charge is 0.390 e. The van der Waals surface area contributed by atoms with E-state index < -0.39 is 0 Å². The first-order chi connectivity index (χ1) is 9.06. The zero-order valence-electron chi connectivity index (χ0n) is 12.3. The third-order valence-electron chi connectivity index (χ3n) is 3.63. The van der Waals surface area contributed by atoms with Crippen molar-refractivity contribution in [1.82, 2.24) is 5.32 Å². The minimum Gasteiger partial charge on any atom is -0.390 e. The number of nitrogens with one attached hydrogen (secondary N) is 1. The molecular weight excluding hydrogens is 236 g/mol. The summed E-state index contributed by atoms with van der Waals surface area (Å²) in [6.07, 6.45) is 0.827. The molecular formula is C16H26N2O. The second-order valence-electron chi connectivity index (χ2n) is 6.06. The molecule has 106 valence electrons. The van der Waals surface area contributed by atoms with E-state index in [-0.39, 0.29) is 6.10 Å². The Labute approximate surface area is 116 Å². The third kappa shape index (κ3) is 3.95. The van der Waals surface area contributed by atoms with Crippen LogP contribution in [0.5, 0.6) is 0 Å². The van der Waals surface area contributed by atoms with Crippen molar-refractivity contribution >= 4 is 5.69 Å². The number of aliphatic hydroxyl groups excluding tert-OH is 1. The van der Waals surface area contributed by atoms with Crippen molar-refractivity contribution in [2.75, 3.05) is 24.5 Å². The molecule has 0 spiro atoms. The number of β-amino-alcohol motifs (C(OH)–C–C–N with tert-alkyl or cyclic N) is 1. The van der Waals surface area contributed by atoms with Crippen LogP contribution in [0.4, 0.5) is 5.69 Å². The Morgan fingerprint density at radius 1 is 1.37 bits per heavy atom. The molecule has 1 aromatic rings. The van der Waals surface area contributed by atoms with Crippen LogP contribution in [0.2, 0.25) is 0 Å². The first-order valence-corrected chi connectivity index (χ1v) is 7.30. The second-order valence-corrected chi connectivity index (χ2v) is 6.06. The summed E-state index contributed by atoms with van der Waals surface area (Å²) in [5.74, 6) is 0.653. The first-order valence-electron chi connectivity index (χ1n) is 7.30. The van der Waals surface area contributed by atoms with E-state index in [9.17, 15) is 5.11 Å². The van der Waals surface area contributed by atoms with Crippen molar-refractivity contribution in [1.29, 1.82) is 0 Å². The Morgan fingerprint density at radius 2 is 2.11 bits per heavy atom. The molecule has 0 fully saturated rings. The molecule has 1 aliphatic heterocycles.